The van der Waals surface area contributed by atoms with Crippen LogP contribution in [0.2, 0.25) is 0 Å². The average molecular weight is 518 g/mol. The third-order valence-corrected chi connectivity index (χ3v) is 7.86. The number of ketones is 1. The highest BCUT2D eigenvalue weighted by Crippen LogP contribution is 2.24. The zero-order chi connectivity index (χ0) is 25.9. The van der Waals surface area contributed by atoms with Crippen LogP contribution in [0.1, 0.15) is 71.7 Å². The lowest BCUT2D eigenvalue weighted by Gasteiger charge is -2.22. The van der Waals surface area contributed by atoms with Gasteiger partial charge >= 0.3 is 0 Å². The lowest BCUT2D eigenvalue weighted by molar-refractivity contribution is 0.0927. The predicted molar refractivity (Wildman–Crippen MR) is 146 cm³/mol. The lowest BCUT2D eigenvalue weighted by Crippen LogP contribution is -2.36. The second-order valence-electron chi connectivity index (χ2n) is 9.69. The van der Waals surface area contributed by atoms with E-state index in [4.69, 9.17) is 0 Å². The molecule has 1 aliphatic carbocycles. The fourth-order valence-electron chi connectivity index (χ4n) is 4.91. The molecule has 2 aromatic carbocycles. The van der Waals surface area contributed by atoms with Crippen molar-refractivity contribution in [2.45, 2.75) is 70.1 Å². The Morgan fingerprint density at radius 3 is 2.49 bits per heavy atom. The third kappa shape index (κ3) is 5.18. The number of carbonyl (C=O) groups excluding carboxylic acids is 2. The predicted octanol–water partition coefficient (Wildman–Crippen LogP) is 4.80. The standard InChI is InChI=1S/C28H31N5O3S/c1-3-15-32-26(36)22-14-13-20(25(35)29-21-7-5-4-6-8-21)16-23(22)33-27(32)30-31-28(33)37-17-24(34)19-11-9-18(2)10-12-19/h9-14,16,21H,3-8,15,17H2,1-2H3,(H,29,35). The Morgan fingerprint density at radius 2 is 1.76 bits per heavy atom. The molecule has 9 heteroatoms. The largest absolute Gasteiger partial charge is 0.349 e. The molecule has 5 rings (SSSR count). The minimum Gasteiger partial charge on any atom is -0.349 e. The first kappa shape index (κ1) is 25.2. The van der Waals surface area contributed by atoms with Gasteiger partial charge in [-0.1, -0.05) is 67.8 Å². The Kier molecular flexibility index (Phi) is 7.41. The minimum atomic E-state index is -0.164. The first-order valence-corrected chi connectivity index (χ1v) is 13.9. The minimum absolute atomic E-state index is 0.0134. The van der Waals surface area contributed by atoms with Crippen molar-refractivity contribution in [3.8, 4) is 0 Å². The molecule has 2 heterocycles. The number of nitrogens with zero attached hydrogens (tertiary/aromatic N) is 4. The molecule has 0 aliphatic heterocycles. The van der Waals surface area contributed by atoms with Gasteiger partial charge < -0.3 is 5.32 Å². The molecule has 37 heavy (non-hydrogen) atoms. The summed E-state index contributed by atoms with van der Waals surface area (Å²) in [4.78, 5) is 39.2. The highest BCUT2D eigenvalue weighted by Gasteiger charge is 2.21. The van der Waals surface area contributed by atoms with Crippen LogP contribution in [-0.4, -0.2) is 42.7 Å². The molecule has 1 amide bonds. The summed E-state index contributed by atoms with van der Waals surface area (Å²) < 4.78 is 3.42. The molecule has 0 atom stereocenters. The van der Waals surface area contributed by atoms with E-state index < -0.39 is 0 Å². The lowest BCUT2D eigenvalue weighted by atomic mass is 9.95. The van der Waals surface area contributed by atoms with E-state index in [2.05, 4.69) is 15.5 Å². The number of hydrogen-bond donors (Lipinski definition) is 1. The molecule has 192 valence electrons. The van der Waals surface area contributed by atoms with Crippen molar-refractivity contribution in [2.24, 2.45) is 0 Å². The number of aryl methyl sites for hydroxylation is 2. The maximum Gasteiger partial charge on any atom is 0.262 e. The van der Waals surface area contributed by atoms with E-state index in [0.717, 1.165) is 37.7 Å². The summed E-state index contributed by atoms with van der Waals surface area (Å²) in [6.07, 6.45) is 6.21. The smallest absolute Gasteiger partial charge is 0.262 e. The van der Waals surface area contributed by atoms with E-state index >= 15 is 0 Å². The summed E-state index contributed by atoms with van der Waals surface area (Å²) in [5.74, 6) is 0.437. The van der Waals surface area contributed by atoms with Gasteiger partial charge in [0.05, 0.1) is 16.7 Å². The summed E-state index contributed by atoms with van der Waals surface area (Å²) in [5.41, 5.74) is 2.63. The number of amides is 1. The van der Waals surface area contributed by atoms with Crippen LogP contribution < -0.4 is 10.9 Å². The zero-order valence-corrected chi connectivity index (χ0v) is 22.0. The summed E-state index contributed by atoms with van der Waals surface area (Å²) in [7, 11) is 0. The third-order valence-electron chi connectivity index (χ3n) is 6.93. The van der Waals surface area contributed by atoms with E-state index in [9.17, 15) is 14.4 Å². The molecule has 0 bridgehead atoms. The number of hydrogen-bond acceptors (Lipinski definition) is 6. The summed E-state index contributed by atoms with van der Waals surface area (Å²) in [6, 6.07) is 12.8. The number of carbonyl (C=O) groups is 2. The maximum atomic E-state index is 13.3. The molecular weight excluding hydrogens is 486 g/mol. The Bertz CT molecular complexity index is 1520. The number of nitrogens with one attached hydrogen (secondary N) is 1. The van der Waals surface area contributed by atoms with Crippen LogP contribution in [0.5, 0.6) is 0 Å². The van der Waals surface area contributed by atoms with Gasteiger partial charge in [-0.2, -0.15) is 0 Å². The van der Waals surface area contributed by atoms with Gasteiger partial charge in [-0.25, -0.2) is 0 Å². The number of fused-ring (bicyclic) bond motifs is 3. The number of aromatic nitrogens is 4. The fraction of sp³-hybridized carbons (Fsp3) is 0.393. The quantitative estimate of drug-likeness (QED) is 0.266. The highest BCUT2D eigenvalue weighted by molar-refractivity contribution is 7.99. The maximum absolute atomic E-state index is 13.3. The average Bonchev–Trinajstić information content (AvgIpc) is 3.34. The molecule has 0 spiro atoms. The number of benzene rings is 2. The van der Waals surface area contributed by atoms with Crippen molar-refractivity contribution in [3.05, 3.63) is 69.5 Å². The zero-order valence-electron chi connectivity index (χ0n) is 21.2. The molecule has 1 N–H and O–H groups in total. The van der Waals surface area contributed by atoms with Gasteiger partial charge in [-0.05, 0) is 44.4 Å². The summed E-state index contributed by atoms with van der Waals surface area (Å²) >= 11 is 1.28. The normalized spacial score (nSPS) is 14.3. The van der Waals surface area contributed by atoms with Crippen molar-refractivity contribution in [3.63, 3.8) is 0 Å². The molecule has 8 nitrogen and oxygen atoms in total. The van der Waals surface area contributed by atoms with Gasteiger partial charge in [0.2, 0.25) is 5.78 Å². The second kappa shape index (κ2) is 10.9. The van der Waals surface area contributed by atoms with Crippen molar-refractivity contribution in [1.29, 1.82) is 0 Å². The van der Waals surface area contributed by atoms with Crippen LogP contribution >= 0.6 is 11.8 Å². The van der Waals surface area contributed by atoms with Gasteiger partial charge in [0.1, 0.15) is 0 Å². The Balaban J connectivity index is 1.52. The SMILES string of the molecule is CCCn1c(=O)c2ccc(C(=O)NC3CCCCC3)cc2n2c(SCC(=O)c3ccc(C)cc3)nnc12. The molecule has 0 radical (unpaired) electrons. The Morgan fingerprint density at radius 1 is 1.03 bits per heavy atom. The first-order chi connectivity index (χ1) is 18.0. The molecule has 1 fully saturated rings. The molecule has 1 aliphatic rings. The van der Waals surface area contributed by atoms with Gasteiger partial charge in [0, 0.05) is 23.7 Å². The molecule has 0 saturated heterocycles. The Labute approximate surface area is 219 Å². The van der Waals surface area contributed by atoms with E-state index in [-0.39, 0.29) is 29.0 Å². The molecule has 2 aromatic heterocycles. The van der Waals surface area contributed by atoms with Crippen LogP contribution in [-0.2, 0) is 6.54 Å². The van der Waals surface area contributed by atoms with Crippen LogP contribution in [0.4, 0.5) is 0 Å². The van der Waals surface area contributed by atoms with Crippen molar-refractivity contribution >= 4 is 40.1 Å². The van der Waals surface area contributed by atoms with E-state index in [1.165, 1.54) is 18.2 Å². The summed E-state index contributed by atoms with van der Waals surface area (Å²) in [5, 5.41) is 12.8. The summed E-state index contributed by atoms with van der Waals surface area (Å²) in [6.45, 7) is 4.47. The van der Waals surface area contributed by atoms with Gasteiger partial charge in [0.25, 0.3) is 11.5 Å². The van der Waals surface area contributed by atoms with Crippen LogP contribution in [0.15, 0.2) is 52.4 Å². The second-order valence-corrected chi connectivity index (χ2v) is 10.6. The molecule has 4 aromatic rings. The van der Waals surface area contributed by atoms with Crippen molar-refractivity contribution in [1.82, 2.24) is 24.5 Å². The van der Waals surface area contributed by atoms with Crippen LogP contribution in [0, 0.1) is 6.92 Å². The van der Waals surface area contributed by atoms with E-state index in [0.29, 0.717) is 39.5 Å². The number of rotatable bonds is 8. The Hall–Kier alpha value is -3.46. The monoisotopic (exact) mass is 517 g/mol. The van der Waals surface area contributed by atoms with Crippen molar-refractivity contribution < 1.29 is 9.59 Å². The van der Waals surface area contributed by atoms with Gasteiger partial charge in [0.15, 0.2) is 10.9 Å². The van der Waals surface area contributed by atoms with Gasteiger partial charge in [-0.3, -0.25) is 23.4 Å². The highest BCUT2D eigenvalue weighted by atomic mass is 32.2. The van der Waals surface area contributed by atoms with Crippen molar-refractivity contribution in [2.75, 3.05) is 5.75 Å². The first-order valence-electron chi connectivity index (χ1n) is 12.9. The van der Waals surface area contributed by atoms with E-state index in [1.54, 1.807) is 27.2 Å². The number of thioether (sulfide) groups is 1. The van der Waals surface area contributed by atoms with Crippen LogP contribution in [0.3, 0.4) is 0 Å². The van der Waals surface area contributed by atoms with Gasteiger partial charge in [-0.15, -0.1) is 10.2 Å². The molecule has 0 unspecified atom stereocenters. The number of Topliss-reactive ketones (excluding diaryl/α,β-unsaturated/α-hetero) is 1. The van der Waals surface area contributed by atoms with Crippen LogP contribution in [0.25, 0.3) is 16.7 Å². The molecule has 1 saturated carbocycles. The fourth-order valence-corrected chi connectivity index (χ4v) is 5.74. The topological polar surface area (TPSA) is 98.4 Å². The van der Waals surface area contributed by atoms with E-state index in [1.807, 2.05) is 38.1 Å². The molecular formula is C28H31N5O3S.